The third-order valence-corrected chi connectivity index (χ3v) is 8.78. The summed E-state index contributed by atoms with van der Waals surface area (Å²) in [6.07, 6.45) is 3.82. The minimum Gasteiger partial charge on any atom is -0.379 e. The summed E-state index contributed by atoms with van der Waals surface area (Å²) >= 11 is 3.50. The van der Waals surface area contributed by atoms with E-state index in [9.17, 15) is 18.0 Å². The molecule has 0 saturated heterocycles. The zero-order valence-electron chi connectivity index (χ0n) is 19.6. The van der Waals surface area contributed by atoms with Crippen LogP contribution in [-0.2, 0) is 19.7 Å². The van der Waals surface area contributed by atoms with Gasteiger partial charge < -0.3 is 9.08 Å². The standard InChI is InChI=1S/C27H26BrNO5S/c1-16-9-12-18(13-10-16)35(32,33)34-24-14-11-17(28)15-19(24)25-26-20(5-3-7-22(26)30)29(2)21-6-4-8-23(31)27(21)25/h9-15,25H,3-8H2,1-2H3. The molecule has 0 amide bonds. The first kappa shape index (κ1) is 24.0. The smallest absolute Gasteiger partial charge is 0.339 e. The maximum absolute atomic E-state index is 13.3. The molecule has 182 valence electrons. The Balaban J connectivity index is 1.69. The van der Waals surface area contributed by atoms with Gasteiger partial charge in [-0.15, -0.1) is 0 Å². The number of hydrogen-bond acceptors (Lipinski definition) is 6. The molecule has 0 radical (unpaired) electrons. The number of halogens is 1. The van der Waals surface area contributed by atoms with Crippen LogP contribution in [0.5, 0.6) is 5.75 Å². The Hall–Kier alpha value is -2.71. The third kappa shape index (κ3) is 4.27. The van der Waals surface area contributed by atoms with Gasteiger partial charge in [-0.25, -0.2) is 0 Å². The van der Waals surface area contributed by atoms with Crippen molar-refractivity contribution in [3.8, 4) is 5.75 Å². The van der Waals surface area contributed by atoms with Crippen LogP contribution in [0, 0.1) is 6.92 Å². The molecule has 0 aromatic heterocycles. The van der Waals surface area contributed by atoms with Crippen molar-refractivity contribution in [3.63, 3.8) is 0 Å². The quantitative estimate of drug-likeness (QED) is 0.459. The fourth-order valence-corrected chi connectivity index (χ4v) is 6.69. The molecule has 3 aliphatic rings. The highest BCUT2D eigenvalue weighted by Crippen LogP contribution is 2.50. The van der Waals surface area contributed by atoms with E-state index in [0.717, 1.165) is 42.6 Å². The third-order valence-electron chi connectivity index (χ3n) is 7.04. The first-order chi connectivity index (χ1) is 16.7. The van der Waals surface area contributed by atoms with Crippen LogP contribution in [-0.4, -0.2) is 31.9 Å². The highest BCUT2D eigenvalue weighted by Gasteiger charge is 2.43. The van der Waals surface area contributed by atoms with Crippen molar-refractivity contribution in [1.29, 1.82) is 0 Å². The van der Waals surface area contributed by atoms with E-state index in [2.05, 4.69) is 15.9 Å². The van der Waals surface area contributed by atoms with Crippen molar-refractivity contribution in [1.82, 2.24) is 4.90 Å². The Bertz CT molecular complexity index is 1360. The van der Waals surface area contributed by atoms with Crippen LogP contribution in [0.25, 0.3) is 0 Å². The molecule has 1 aliphatic heterocycles. The van der Waals surface area contributed by atoms with Crippen LogP contribution in [0.2, 0.25) is 0 Å². The zero-order chi connectivity index (χ0) is 24.9. The Morgan fingerprint density at radius 3 is 2.03 bits per heavy atom. The summed E-state index contributed by atoms with van der Waals surface area (Å²) in [5, 5.41) is 0. The fourth-order valence-electron chi connectivity index (χ4n) is 5.36. The molecule has 0 fully saturated rings. The SMILES string of the molecule is Cc1ccc(S(=O)(=O)Oc2ccc(Br)cc2C2C3=C(CCCC3=O)N(C)C3=C2C(=O)CCC3)cc1. The summed E-state index contributed by atoms with van der Waals surface area (Å²) in [4.78, 5) is 28.6. The fraction of sp³-hybridized carbons (Fsp3) is 0.333. The summed E-state index contributed by atoms with van der Waals surface area (Å²) < 4.78 is 32.8. The number of rotatable bonds is 4. The highest BCUT2D eigenvalue weighted by molar-refractivity contribution is 9.10. The van der Waals surface area contributed by atoms with Gasteiger partial charge in [0.15, 0.2) is 11.6 Å². The first-order valence-electron chi connectivity index (χ1n) is 11.7. The van der Waals surface area contributed by atoms with Crippen LogP contribution in [0.4, 0.5) is 0 Å². The van der Waals surface area contributed by atoms with Gasteiger partial charge in [0.2, 0.25) is 0 Å². The van der Waals surface area contributed by atoms with E-state index in [1.807, 2.05) is 18.9 Å². The average Bonchev–Trinajstić information content (AvgIpc) is 2.82. The molecule has 2 aromatic carbocycles. The van der Waals surface area contributed by atoms with Crippen molar-refractivity contribution in [2.24, 2.45) is 0 Å². The average molecular weight is 556 g/mol. The van der Waals surface area contributed by atoms with E-state index < -0.39 is 16.0 Å². The Morgan fingerprint density at radius 1 is 0.886 bits per heavy atom. The highest BCUT2D eigenvalue weighted by atomic mass is 79.9. The van der Waals surface area contributed by atoms with E-state index in [4.69, 9.17) is 4.18 Å². The number of benzene rings is 2. The lowest BCUT2D eigenvalue weighted by Gasteiger charge is -2.42. The minimum absolute atomic E-state index is 0.000315. The van der Waals surface area contributed by atoms with Crippen molar-refractivity contribution in [3.05, 3.63) is 80.6 Å². The van der Waals surface area contributed by atoms with Gasteiger partial charge in [-0.3, -0.25) is 9.59 Å². The molecule has 0 atom stereocenters. The van der Waals surface area contributed by atoms with Crippen LogP contribution >= 0.6 is 15.9 Å². The summed E-state index contributed by atoms with van der Waals surface area (Å²) in [5.74, 6) is -0.531. The Morgan fingerprint density at radius 2 is 1.46 bits per heavy atom. The van der Waals surface area contributed by atoms with Crippen molar-refractivity contribution >= 4 is 37.6 Å². The zero-order valence-corrected chi connectivity index (χ0v) is 22.0. The molecule has 6 nitrogen and oxygen atoms in total. The number of ketones is 2. The molecule has 0 N–H and O–H groups in total. The summed E-state index contributed by atoms with van der Waals surface area (Å²) in [7, 11) is -2.20. The van der Waals surface area contributed by atoms with Gasteiger partial charge in [0, 0.05) is 58.4 Å². The Kier molecular flexibility index (Phi) is 6.21. The number of hydrogen-bond donors (Lipinski definition) is 0. The maximum Gasteiger partial charge on any atom is 0.339 e. The molecular weight excluding hydrogens is 530 g/mol. The molecule has 35 heavy (non-hydrogen) atoms. The lowest BCUT2D eigenvalue weighted by molar-refractivity contribution is -0.117. The molecule has 0 bridgehead atoms. The van der Waals surface area contributed by atoms with Crippen LogP contribution in [0.15, 0.2) is 74.4 Å². The van der Waals surface area contributed by atoms with E-state index in [1.54, 1.807) is 30.3 Å². The van der Waals surface area contributed by atoms with Gasteiger partial charge >= 0.3 is 10.1 Å². The molecule has 0 unspecified atom stereocenters. The molecule has 2 aliphatic carbocycles. The predicted octanol–water partition coefficient (Wildman–Crippen LogP) is 5.57. The van der Waals surface area contributed by atoms with Gasteiger partial charge in [0.1, 0.15) is 10.6 Å². The first-order valence-corrected chi connectivity index (χ1v) is 13.9. The maximum atomic E-state index is 13.3. The van der Waals surface area contributed by atoms with Crippen LogP contribution < -0.4 is 4.18 Å². The lowest BCUT2D eigenvalue weighted by atomic mass is 9.71. The van der Waals surface area contributed by atoms with Gasteiger partial charge in [-0.2, -0.15) is 8.42 Å². The topological polar surface area (TPSA) is 80.8 Å². The van der Waals surface area contributed by atoms with E-state index in [-0.39, 0.29) is 22.2 Å². The van der Waals surface area contributed by atoms with E-state index in [0.29, 0.717) is 34.0 Å². The lowest BCUT2D eigenvalue weighted by Crippen LogP contribution is -2.37. The van der Waals surface area contributed by atoms with Crippen molar-refractivity contribution in [2.75, 3.05) is 7.05 Å². The number of nitrogens with zero attached hydrogens (tertiary/aromatic N) is 1. The molecule has 0 saturated carbocycles. The summed E-state index contributed by atoms with van der Waals surface area (Å²) in [6.45, 7) is 1.88. The number of aryl methyl sites for hydroxylation is 1. The second-order valence-corrected chi connectivity index (χ2v) is 11.8. The Labute approximate surface area is 213 Å². The van der Waals surface area contributed by atoms with Crippen LogP contribution in [0.1, 0.15) is 55.6 Å². The number of carbonyl (C=O) groups excluding carboxylic acids is 2. The molecule has 1 heterocycles. The van der Waals surface area contributed by atoms with Crippen LogP contribution in [0.3, 0.4) is 0 Å². The van der Waals surface area contributed by atoms with Gasteiger partial charge in [-0.05, 0) is 62.9 Å². The predicted molar refractivity (Wildman–Crippen MR) is 135 cm³/mol. The largest absolute Gasteiger partial charge is 0.379 e. The number of carbonyl (C=O) groups is 2. The molecule has 2 aromatic rings. The second kappa shape index (κ2) is 9.06. The molecule has 8 heteroatoms. The van der Waals surface area contributed by atoms with Gasteiger partial charge in [0.25, 0.3) is 0 Å². The van der Waals surface area contributed by atoms with E-state index in [1.165, 1.54) is 12.1 Å². The number of allylic oxidation sites excluding steroid dienone is 4. The summed E-state index contributed by atoms with van der Waals surface area (Å²) in [5.41, 5.74) is 4.46. The number of Topliss-reactive ketones (excluding diaryl/α,β-unsaturated/α-hetero) is 2. The van der Waals surface area contributed by atoms with Gasteiger partial charge in [-0.1, -0.05) is 33.6 Å². The normalized spacial score (nSPS) is 19.1. The van der Waals surface area contributed by atoms with Crippen molar-refractivity contribution in [2.45, 2.75) is 56.3 Å². The van der Waals surface area contributed by atoms with Gasteiger partial charge in [0.05, 0.1) is 0 Å². The van der Waals surface area contributed by atoms with Crippen molar-refractivity contribution < 1.29 is 22.2 Å². The molecule has 5 rings (SSSR count). The molecular formula is C27H26BrNO5S. The minimum atomic E-state index is -4.13. The molecule has 0 spiro atoms. The second-order valence-electron chi connectivity index (χ2n) is 9.30. The summed E-state index contributed by atoms with van der Waals surface area (Å²) in [6, 6.07) is 11.5. The van der Waals surface area contributed by atoms with E-state index >= 15 is 0 Å². The monoisotopic (exact) mass is 555 g/mol.